The molecular weight excluding hydrogens is 324 g/mol. The molecule has 0 bridgehead atoms. The third-order valence-corrected chi connectivity index (χ3v) is 8.13. The fraction of sp³-hybridized carbons (Fsp3) is 1.00. The van der Waals surface area contributed by atoms with Crippen molar-refractivity contribution < 1.29 is 8.42 Å². The number of piperazine rings is 1. The van der Waals surface area contributed by atoms with Gasteiger partial charge in [-0.25, -0.2) is 0 Å². The van der Waals surface area contributed by atoms with E-state index in [0.29, 0.717) is 13.1 Å². The Bertz CT molecular complexity index is 479. The molecule has 0 spiro atoms. The summed E-state index contributed by atoms with van der Waals surface area (Å²) in [6, 6.07) is 0.205. The second kappa shape index (κ2) is 8.45. The standard InChI is InChI=1S/C17H34N4O2S/c1-19(17-5-3-2-4-6-17)24(22,23)21-13-11-20(12-14-21)15-16-7-9-18-10-8-16/h16-18H,2-15H2,1H3. The molecule has 1 saturated carbocycles. The van der Waals surface area contributed by atoms with Crippen LogP contribution in [0.5, 0.6) is 0 Å². The molecule has 0 radical (unpaired) electrons. The Morgan fingerprint density at radius 3 is 2.21 bits per heavy atom. The smallest absolute Gasteiger partial charge is 0.282 e. The van der Waals surface area contributed by atoms with Gasteiger partial charge in [-0.2, -0.15) is 17.0 Å². The maximum absolute atomic E-state index is 12.9. The Hall–Kier alpha value is -0.210. The Morgan fingerprint density at radius 2 is 1.58 bits per heavy atom. The predicted molar refractivity (Wildman–Crippen MR) is 97.2 cm³/mol. The quantitative estimate of drug-likeness (QED) is 0.800. The average Bonchev–Trinajstić information content (AvgIpc) is 2.63. The van der Waals surface area contributed by atoms with Crippen molar-refractivity contribution in [3.05, 3.63) is 0 Å². The van der Waals surface area contributed by atoms with Gasteiger partial charge in [-0.05, 0) is 44.7 Å². The van der Waals surface area contributed by atoms with Crippen molar-refractivity contribution in [2.75, 3.05) is 52.9 Å². The van der Waals surface area contributed by atoms with E-state index in [1.165, 1.54) is 19.3 Å². The molecular formula is C17H34N4O2S. The summed E-state index contributed by atoms with van der Waals surface area (Å²) < 4.78 is 29.2. The third kappa shape index (κ3) is 4.49. The molecule has 0 aromatic carbocycles. The summed E-state index contributed by atoms with van der Waals surface area (Å²) in [5.74, 6) is 0.777. The molecule has 2 aliphatic heterocycles. The van der Waals surface area contributed by atoms with E-state index in [4.69, 9.17) is 0 Å². The van der Waals surface area contributed by atoms with Crippen molar-refractivity contribution in [3.8, 4) is 0 Å². The van der Waals surface area contributed by atoms with Crippen LogP contribution in [0.2, 0.25) is 0 Å². The SMILES string of the molecule is CN(C1CCCCC1)S(=O)(=O)N1CCN(CC2CCNCC2)CC1. The summed E-state index contributed by atoms with van der Waals surface area (Å²) >= 11 is 0. The van der Waals surface area contributed by atoms with Gasteiger partial charge >= 0.3 is 0 Å². The maximum Gasteiger partial charge on any atom is 0.282 e. The van der Waals surface area contributed by atoms with Crippen LogP contribution in [0, 0.1) is 5.92 Å². The molecule has 0 amide bonds. The fourth-order valence-corrected chi connectivity index (χ4v) is 5.96. The summed E-state index contributed by atoms with van der Waals surface area (Å²) in [6.07, 6.45) is 8.12. The molecule has 3 rings (SSSR count). The minimum absolute atomic E-state index is 0.205. The Labute approximate surface area is 147 Å². The van der Waals surface area contributed by atoms with E-state index in [0.717, 1.165) is 64.3 Å². The van der Waals surface area contributed by atoms with Crippen LogP contribution < -0.4 is 5.32 Å². The number of nitrogens with zero attached hydrogens (tertiary/aromatic N) is 3. The molecule has 1 aliphatic carbocycles. The van der Waals surface area contributed by atoms with Crippen molar-refractivity contribution in [2.24, 2.45) is 5.92 Å². The molecule has 0 atom stereocenters. The second-order valence-electron chi connectivity index (χ2n) is 7.71. The number of hydrogen-bond donors (Lipinski definition) is 1. The molecule has 0 aromatic rings. The zero-order valence-electron chi connectivity index (χ0n) is 15.1. The van der Waals surface area contributed by atoms with Crippen molar-refractivity contribution in [2.45, 2.75) is 51.0 Å². The minimum Gasteiger partial charge on any atom is -0.317 e. The average molecular weight is 359 g/mol. The van der Waals surface area contributed by atoms with Gasteiger partial charge in [0.05, 0.1) is 0 Å². The summed E-state index contributed by atoms with van der Waals surface area (Å²) in [6.45, 7) is 6.43. The van der Waals surface area contributed by atoms with Crippen LogP contribution >= 0.6 is 0 Å². The van der Waals surface area contributed by atoms with E-state index >= 15 is 0 Å². The van der Waals surface area contributed by atoms with Crippen molar-refractivity contribution >= 4 is 10.2 Å². The first kappa shape index (κ1) is 18.6. The van der Waals surface area contributed by atoms with Gasteiger partial charge in [-0.15, -0.1) is 0 Å². The van der Waals surface area contributed by atoms with E-state index in [2.05, 4.69) is 10.2 Å². The van der Waals surface area contributed by atoms with E-state index < -0.39 is 10.2 Å². The van der Waals surface area contributed by atoms with E-state index in [1.54, 1.807) is 15.7 Å². The van der Waals surface area contributed by atoms with Gasteiger partial charge in [0.2, 0.25) is 0 Å². The third-order valence-electron chi connectivity index (χ3n) is 6.09. The molecule has 0 unspecified atom stereocenters. The van der Waals surface area contributed by atoms with Gasteiger partial charge < -0.3 is 10.2 Å². The zero-order valence-corrected chi connectivity index (χ0v) is 15.9. The zero-order chi connectivity index (χ0) is 17.0. The summed E-state index contributed by atoms with van der Waals surface area (Å²) in [4.78, 5) is 2.46. The van der Waals surface area contributed by atoms with Crippen LogP contribution in [0.1, 0.15) is 44.9 Å². The van der Waals surface area contributed by atoms with E-state index in [1.807, 2.05) is 0 Å². The van der Waals surface area contributed by atoms with Gasteiger partial charge in [0.1, 0.15) is 0 Å². The molecule has 1 N–H and O–H groups in total. The summed E-state index contributed by atoms with van der Waals surface area (Å²) in [7, 11) is -1.50. The van der Waals surface area contributed by atoms with Gasteiger partial charge in [0, 0.05) is 45.8 Å². The topological polar surface area (TPSA) is 55.9 Å². The first-order chi connectivity index (χ1) is 11.6. The lowest BCUT2D eigenvalue weighted by atomic mass is 9.96. The molecule has 6 nitrogen and oxygen atoms in total. The highest BCUT2D eigenvalue weighted by Crippen LogP contribution is 2.25. The van der Waals surface area contributed by atoms with Crippen LogP contribution in [0.3, 0.4) is 0 Å². The van der Waals surface area contributed by atoms with Gasteiger partial charge in [-0.1, -0.05) is 19.3 Å². The minimum atomic E-state index is -3.29. The van der Waals surface area contributed by atoms with Crippen LogP contribution in [-0.4, -0.2) is 80.8 Å². The number of rotatable bonds is 5. The molecule has 140 valence electrons. The molecule has 7 heteroatoms. The second-order valence-corrected chi connectivity index (χ2v) is 9.70. The first-order valence-electron chi connectivity index (χ1n) is 9.73. The predicted octanol–water partition coefficient (Wildman–Crippen LogP) is 1.11. The Balaban J connectivity index is 1.49. The van der Waals surface area contributed by atoms with Crippen LogP contribution in [0.15, 0.2) is 0 Å². The first-order valence-corrected chi connectivity index (χ1v) is 11.1. The highest BCUT2D eigenvalue weighted by Gasteiger charge is 2.34. The summed E-state index contributed by atoms with van der Waals surface area (Å²) in [5, 5.41) is 3.41. The molecule has 2 heterocycles. The molecule has 24 heavy (non-hydrogen) atoms. The largest absolute Gasteiger partial charge is 0.317 e. The van der Waals surface area contributed by atoms with Crippen molar-refractivity contribution in [1.29, 1.82) is 0 Å². The van der Waals surface area contributed by atoms with E-state index in [-0.39, 0.29) is 6.04 Å². The van der Waals surface area contributed by atoms with Crippen molar-refractivity contribution in [3.63, 3.8) is 0 Å². The Morgan fingerprint density at radius 1 is 0.958 bits per heavy atom. The highest BCUT2D eigenvalue weighted by molar-refractivity contribution is 7.86. The number of hydrogen-bond acceptors (Lipinski definition) is 4. The number of piperidine rings is 1. The Kier molecular flexibility index (Phi) is 6.54. The maximum atomic E-state index is 12.9. The molecule has 0 aromatic heterocycles. The lowest BCUT2D eigenvalue weighted by molar-refractivity contribution is 0.146. The highest BCUT2D eigenvalue weighted by atomic mass is 32.2. The molecule has 3 aliphatic rings. The lowest BCUT2D eigenvalue weighted by Crippen LogP contribution is -2.55. The van der Waals surface area contributed by atoms with Crippen LogP contribution in [0.25, 0.3) is 0 Å². The van der Waals surface area contributed by atoms with Gasteiger partial charge in [0.25, 0.3) is 10.2 Å². The van der Waals surface area contributed by atoms with Crippen LogP contribution in [0.4, 0.5) is 0 Å². The summed E-state index contributed by atoms with van der Waals surface area (Å²) in [5.41, 5.74) is 0. The van der Waals surface area contributed by atoms with E-state index in [9.17, 15) is 8.42 Å². The molecule has 2 saturated heterocycles. The van der Waals surface area contributed by atoms with Crippen LogP contribution in [-0.2, 0) is 10.2 Å². The van der Waals surface area contributed by atoms with Gasteiger partial charge in [-0.3, -0.25) is 0 Å². The normalized spacial score (nSPS) is 26.9. The monoisotopic (exact) mass is 358 g/mol. The lowest BCUT2D eigenvalue weighted by Gasteiger charge is -2.39. The fourth-order valence-electron chi connectivity index (χ4n) is 4.39. The molecule has 3 fully saturated rings. The van der Waals surface area contributed by atoms with Crippen molar-refractivity contribution in [1.82, 2.24) is 18.8 Å². The van der Waals surface area contributed by atoms with Gasteiger partial charge in [0.15, 0.2) is 0 Å². The number of nitrogens with one attached hydrogen (secondary N) is 1.